The lowest BCUT2D eigenvalue weighted by Crippen LogP contribution is -2.13. The second-order valence-corrected chi connectivity index (χ2v) is 7.86. The van der Waals surface area contributed by atoms with Crippen LogP contribution in [-0.2, 0) is 4.74 Å². The van der Waals surface area contributed by atoms with Crippen LogP contribution in [0.4, 0.5) is 0 Å². The minimum Gasteiger partial charge on any atom is -0.510 e. The molecule has 0 radical (unpaired) electrons. The van der Waals surface area contributed by atoms with Gasteiger partial charge in [0.1, 0.15) is 17.4 Å². The highest BCUT2D eigenvalue weighted by Crippen LogP contribution is 2.30. The first kappa shape index (κ1) is 21.7. The Kier molecular flexibility index (Phi) is 6.99. The number of hydrogen-bond donors (Lipinski definition) is 1. The fourth-order valence-electron chi connectivity index (χ4n) is 3.02. The Hall–Kier alpha value is -3.01. The highest BCUT2D eigenvalue weighted by Gasteiger charge is 2.24. The molecular weight excluding hydrogens is 420 g/mol. The van der Waals surface area contributed by atoms with E-state index in [1.807, 2.05) is 36.4 Å². The minimum atomic E-state index is -0.575. The number of rotatable bonds is 6. The Morgan fingerprint density at radius 2 is 1.93 bits per heavy atom. The Morgan fingerprint density at radius 3 is 2.60 bits per heavy atom. The van der Waals surface area contributed by atoms with Crippen LogP contribution in [-0.4, -0.2) is 28.4 Å². The second kappa shape index (κ2) is 9.66. The van der Waals surface area contributed by atoms with E-state index in [2.05, 4.69) is 4.98 Å². The molecule has 3 aromatic rings. The number of nitrogens with zero attached hydrogens (tertiary/aromatic N) is 2. The van der Waals surface area contributed by atoms with Crippen LogP contribution in [0.15, 0.2) is 59.2 Å². The molecule has 0 aliphatic heterocycles. The lowest BCUT2D eigenvalue weighted by atomic mass is 9.97. The van der Waals surface area contributed by atoms with E-state index < -0.39 is 5.97 Å². The van der Waals surface area contributed by atoms with Gasteiger partial charge in [0, 0.05) is 15.3 Å². The van der Waals surface area contributed by atoms with Crippen molar-refractivity contribution in [2.24, 2.45) is 0 Å². The SMILES string of the molecule is CCOC(=O)c1c(C(C#N)=C(O)CSc2ccc(Cl)cc2)nc2ccccc2c1C. The summed E-state index contributed by atoms with van der Waals surface area (Å²) in [5.41, 5.74) is 1.55. The normalized spacial score (nSPS) is 11.7. The summed E-state index contributed by atoms with van der Waals surface area (Å²) in [7, 11) is 0. The van der Waals surface area contributed by atoms with Crippen molar-refractivity contribution in [1.29, 1.82) is 5.26 Å². The summed E-state index contributed by atoms with van der Waals surface area (Å²) >= 11 is 7.25. The molecule has 0 spiro atoms. The van der Waals surface area contributed by atoms with Crippen molar-refractivity contribution in [3.05, 3.63) is 76.1 Å². The van der Waals surface area contributed by atoms with E-state index in [-0.39, 0.29) is 34.9 Å². The summed E-state index contributed by atoms with van der Waals surface area (Å²) in [6.07, 6.45) is 0. The van der Waals surface area contributed by atoms with Gasteiger partial charge in [-0.2, -0.15) is 5.26 Å². The number of nitriles is 1. The van der Waals surface area contributed by atoms with Crippen LogP contribution in [0.3, 0.4) is 0 Å². The van der Waals surface area contributed by atoms with Gasteiger partial charge < -0.3 is 9.84 Å². The summed E-state index contributed by atoms with van der Waals surface area (Å²) in [6.45, 7) is 3.69. The number of esters is 1. The van der Waals surface area contributed by atoms with Gasteiger partial charge in [-0.15, -0.1) is 11.8 Å². The van der Waals surface area contributed by atoms with Crippen LogP contribution >= 0.6 is 23.4 Å². The number of hydrogen-bond acceptors (Lipinski definition) is 6. The van der Waals surface area contributed by atoms with Gasteiger partial charge in [-0.1, -0.05) is 29.8 Å². The van der Waals surface area contributed by atoms with Gasteiger partial charge in [0.15, 0.2) is 0 Å². The number of carbonyl (C=O) groups is 1. The molecule has 1 heterocycles. The third-order valence-electron chi connectivity index (χ3n) is 4.46. The molecule has 1 N–H and O–H groups in total. The molecule has 7 heteroatoms. The summed E-state index contributed by atoms with van der Waals surface area (Å²) in [4.78, 5) is 18.1. The molecular formula is C23H19ClN2O3S. The number of aromatic nitrogens is 1. The van der Waals surface area contributed by atoms with Crippen LogP contribution in [0, 0.1) is 18.3 Å². The summed E-state index contributed by atoms with van der Waals surface area (Å²) in [5.74, 6) is -0.597. The van der Waals surface area contributed by atoms with Crippen molar-refractivity contribution in [3.8, 4) is 6.07 Å². The van der Waals surface area contributed by atoms with Crippen molar-refractivity contribution in [1.82, 2.24) is 4.98 Å². The predicted octanol–water partition coefficient (Wildman–Crippen LogP) is 5.96. The Balaban J connectivity index is 2.09. The lowest BCUT2D eigenvalue weighted by Gasteiger charge is -2.14. The molecule has 5 nitrogen and oxygen atoms in total. The molecule has 0 saturated carbocycles. The van der Waals surface area contributed by atoms with Gasteiger partial charge in [-0.25, -0.2) is 9.78 Å². The van der Waals surface area contributed by atoms with E-state index >= 15 is 0 Å². The Bertz CT molecular complexity index is 1170. The van der Waals surface area contributed by atoms with Crippen LogP contribution in [0.1, 0.15) is 28.5 Å². The number of ether oxygens (including phenoxy) is 1. The largest absolute Gasteiger partial charge is 0.510 e. The quantitative estimate of drug-likeness (QED) is 0.221. The van der Waals surface area contributed by atoms with Crippen LogP contribution in [0.2, 0.25) is 5.02 Å². The summed E-state index contributed by atoms with van der Waals surface area (Å²) in [6, 6.07) is 16.5. The molecule has 30 heavy (non-hydrogen) atoms. The third kappa shape index (κ3) is 4.59. The van der Waals surface area contributed by atoms with Crippen molar-refractivity contribution >= 4 is 45.8 Å². The first-order valence-corrected chi connectivity index (χ1v) is 10.6. The predicted molar refractivity (Wildman–Crippen MR) is 120 cm³/mol. The molecule has 0 bridgehead atoms. The molecule has 2 aromatic carbocycles. The fourth-order valence-corrected chi connectivity index (χ4v) is 3.92. The maximum Gasteiger partial charge on any atom is 0.340 e. The number of pyridine rings is 1. The summed E-state index contributed by atoms with van der Waals surface area (Å²) in [5, 5.41) is 21.9. The van der Waals surface area contributed by atoms with E-state index in [4.69, 9.17) is 16.3 Å². The van der Waals surface area contributed by atoms with Crippen LogP contribution < -0.4 is 0 Å². The maximum atomic E-state index is 12.7. The fraction of sp³-hybridized carbons (Fsp3) is 0.174. The molecule has 0 saturated heterocycles. The first-order valence-electron chi connectivity index (χ1n) is 9.23. The van der Waals surface area contributed by atoms with Crippen LogP contribution in [0.5, 0.6) is 0 Å². The molecule has 1 aromatic heterocycles. The first-order chi connectivity index (χ1) is 14.5. The molecule has 0 aliphatic rings. The van der Waals surface area contributed by atoms with E-state index in [0.29, 0.717) is 16.1 Å². The van der Waals surface area contributed by atoms with Crippen molar-refractivity contribution < 1.29 is 14.6 Å². The Labute approximate surface area is 184 Å². The molecule has 3 rings (SSSR count). The number of allylic oxidation sites excluding steroid dienone is 1. The zero-order chi connectivity index (χ0) is 21.7. The van der Waals surface area contributed by atoms with Crippen molar-refractivity contribution in [2.45, 2.75) is 18.7 Å². The zero-order valence-corrected chi connectivity index (χ0v) is 18.0. The number of carbonyl (C=O) groups excluding carboxylic acids is 1. The average molecular weight is 439 g/mol. The summed E-state index contributed by atoms with van der Waals surface area (Å²) < 4.78 is 5.20. The molecule has 0 amide bonds. The van der Waals surface area contributed by atoms with E-state index in [9.17, 15) is 15.2 Å². The monoisotopic (exact) mass is 438 g/mol. The van der Waals surface area contributed by atoms with Gasteiger partial charge >= 0.3 is 5.97 Å². The van der Waals surface area contributed by atoms with Gasteiger partial charge in [-0.3, -0.25) is 0 Å². The standard InChI is InChI=1S/C23H19ClN2O3S/c1-3-29-23(28)21-14(2)17-6-4-5-7-19(17)26-22(21)18(12-25)20(27)13-30-16-10-8-15(24)9-11-16/h4-11,27H,3,13H2,1-2H3. The van der Waals surface area contributed by atoms with Crippen molar-refractivity contribution in [3.63, 3.8) is 0 Å². The smallest absolute Gasteiger partial charge is 0.340 e. The number of benzene rings is 2. The molecule has 0 aliphatic carbocycles. The molecule has 0 atom stereocenters. The van der Waals surface area contributed by atoms with Gasteiger partial charge in [0.25, 0.3) is 0 Å². The van der Waals surface area contributed by atoms with Gasteiger partial charge in [0.05, 0.1) is 29.1 Å². The Morgan fingerprint density at radius 1 is 1.23 bits per heavy atom. The van der Waals surface area contributed by atoms with E-state index in [0.717, 1.165) is 10.3 Å². The second-order valence-electron chi connectivity index (χ2n) is 6.37. The number of halogens is 1. The van der Waals surface area contributed by atoms with E-state index in [1.54, 1.807) is 32.0 Å². The average Bonchev–Trinajstić information content (AvgIpc) is 2.74. The third-order valence-corrected chi connectivity index (χ3v) is 5.73. The van der Waals surface area contributed by atoms with E-state index in [1.165, 1.54) is 11.8 Å². The highest BCUT2D eigenvalue weighted by atomic mass is 35.5. The number of aliphatic hydroxyl groups is 1. The molecule has 0 unspecified atom stereocenters. The topological polar surface area (TPSA) is 83.2 Å². The minimum absolute atomic E-state index is 0.0478. The lowest BCUT2D eigenvalue weighted by molar-refractivity contribution is 0.0525. The number of thioether (sulfide) groups is 1. The molecule has 152 valence electrons. The maximum absolute atomic E-state index is 12.7. The van der Waals surface area contributed by atoms with Crippen LogP contribution in [0.25, 0.3) is 16.5 Å². The van der Waals surface area contributed by atoms with Crippen molar-refractivity contribution in [2.75, 3.05) is 12.4 Å². The number of fused-ring (bicyclic) bond motifs is 1. The van der Waals surface area contributed by atoms with Gasteiger partial charge in [0.2, 0.25) is 0 Å². The highest BCUT2D eigenvalue weighted by molar-refractivity contribution is 7.99. The zero-order valence-electron chi connectivity index (χ0n) is 16.5. The number of aryl methyl sites for hydroxylation is 1. The number of para-hydroxylation sites is 1. The van der Waals surface area contributed by atoms with Gasteiger partial charge in [-0.05, 0) is 49.7 Å². The molecule has 0 fully saturated rings. The number of aliphatic hydroxyl groups excluding tert-OH is 1.